The monoisotopic (exact) mass is 350 g/mol. The van der Waals surface area contributed by atoms with Gasteiger partial charge < -0.3 is 9.88 Å². The number of hydrogen-bond acceptors (Lipinski definition) is 4. The van der Waals surface area contributed by atoms with E-state index >= 15 is 0 Å². The largest absolute Gasteiger partial charge is 0.337 e. The molecule has 0 spiro atoms. The number of amides is 1. The lowest BCUT2D eigenvalue weighted by atomic mass is 10.2. The lowest BCUT2D eigenvalue weighted by Gasteiger charge is -2.23. The van der Waals surface area contributed by atoms with Gasteiger partial charge in [0.2, 0.25) is 5.91 Å². The predicted molar refractivity (Wildman–Crippen MR) is 98.8 cm³/mol. The third-order valence-corrected chi connectivity index (χ3v) is 4.81. The molecule has 3 heterocycles. The molecule has 26 heavy (non-hydrogen) atoms. The fraction of sp³-hybridized carbons (Fsp3) is 0.316. The zero-order chi connectivity index (χ0) is 17.9. The molecule has 1 N–H and O–H groups in total. The number of imidazole rings is 1. The quantitative estimate of drug-likeness (QED) is 0.766. The third-order valence-electron chi connectivity index (χ3n) is 4.81. The first kappa shape index (κ1) is 16.5. The minimum absolute atomic E-state index is 0.0364. The van der Waals surface area contributed by atoms with E-state index in [4.69, 9.17) is 0 Å². The van der Waals surface area contributed by atoms with Crippen LogP contribution in [0.15, 0.2) is 55.1 Å². The Labute approximate surface area is 152 Å². The second-order valence-corrected chi connectivity index (χ2v) is 6.57. The Morgan fingerprint density at radius 2 is 2.19 bits per heavy atom. The van der Waals surface area contributed by atoms with E-state index in [0.717, 1.165) is 36.6 Å². The van der Waals surface area contributed by atoms with Gasteiger partial charge in [0, 0.05) is 37.5 Å². The molecule has 1 saturated heterocycles. The molecule has 0 unspecified atom stereocenters. The van der Waals surface area contributed by atoms with Crippen LogP contribution in [0.25, 0.3) is 5.69 Å². The second-order valence-electron chi connectivity index (χ2n) is 6.57. The van der Waals surface area contributed by atoms with Crippen molar-refractivity contribution in [3.63, 3.8) is 0 Å². The maximum atomic E-state index is 12.8. The third kappa shape index (κ3) is 3.39. The summed E-state index contributed by atoms with van der Waals surface area (Å²) in [5.41, 5.74) is 1.70. The summed E-state index contributed by atoms with van der Waals surface area (Å²) in [6.45, 7) is 1.60. The van der Waals surface area contributed by atoms with Gasteiger partial charge in [-0.1, -0.05) is 6.07 Å². The molecule has 1 fully saturated rings. The molecule has 3 aromatic rings. The fourth-order valence-electron chi connectivity index (χ4n) is 3.42. The molecule has 7 heteroatoms. The van der Waals surface area contributed by atoms with Crippen LogP contribution in [0.3, 0.4) is 0 Å². The molecule has 0 aliphatic carbocycles. The molecule has 4 rings (SSSR count). The first-order valence-corrected chi connectivity index (χ1v) is 8.82. The average Bonchev–Trinajstić information content (AvgIpc) is 3.38. The van der Waals surface area contributed by atoms with E-state index in [-0.39, 0.29) is 11.9 Å². The van der Waals surface area contributed by atoms with E-state index in [1.807, 2.05) is 54.3 Å². The zero-order valence-corrected chi connectivity index (χ0v) is 14.7. The highest BCUT2D eigenvalue weighted by molar-refractivity contribution is 5.95. The van der Waals surface area contributed by atoms with Crippen LogP contribution in [0.5, 0.6) is 0 Å². The Bertz CT molecular complexity index is 885. The highest BCUT2D eigenvalue weighted by Gasteiger charge is 2.31. The summed E-state index contributed by atoms with van der Waals surface area (Å²) in [6, 6.07) is 9.48. The second kappa shape index (κ2) is 7.13. The minimum atomic E-state index is -0.125. The number of carbonyl (C=O) groups is 1. The molecule has 1 aliphatic heterocycles. The van der Waals surface area contributed by atoms with Gasteiger partial charge in [-0.2, -0.15) is 5.10 Å². The number of nitrogens with zero attached hydrogens (tertiary/aromatic N) is 5. The SMILES string of the molecule is Cn1ccnc1CN1CCC[C@@H]1C(=O)Nc1cccc(-n2cccn2)c1. The molecular formula is C19H22N6O. The summed E-state index contributed by atoms with van der Waals surface area (Å²) < 4.78 is 3.78. The van der Waals surface area contributed by atoms with Crippen molar-refractivity contribution in [3.05, 3.63) is 60.9 Å². The van der Waals surface area contributed by atoms with Crippen molar-refractivity contribution < 1.29 is 4.79 Å². The smallest absolute Gasteiger partial charge is 0.241 e. The van der Waals surface area contributed by atoms with Crippen molar-refractivity contribution in [1.82, 2.24) is 24.2 Å². The Kier molecular flexibility index (Phi) is 4.53. The van der Waals surface area contributed by atoms with Crippen molar-refractivity contribution in [2.75, 3.05) is 11.9 Å². The van der Waals surface area contributed by atoms with Crippen LogP contribution >= 0.6 is 0 Å². The highest BCUT2D eigenvalue weighted by Crippen LogP contribution is 2.22. The van der Waals surface area contributed by atoms with Crippen molar-refractivity contribution in [1.29, 1.82) is 0 Å². The van der Waals surface area contributed by atoms with Crippen molar-refractivity contribution in [3.8, 4) is 5.69 Å². The number of aromatic nitrogens is 4. The number of nitrogens with one attached hydrogen (secondary N) is 1. The van der Waals surface area contributed by atoms with E-state index in [1.54, 1.807) is 17.1 Å². The topological polar surface area (TPSA) is 68.0 Å². The molecule has 0 radical (unpaired) electrons. The summed E-state index contributed by atoms with van der Waals surface area (Å²) in [5.74, 6) is 1.01. The Morgan fingerprint density at radius 3 is 2.96 bits per heavy atom. The number of hydrogen-bond donors (Lipinski definition) is 1. The molecular weight excluding hydrogens is 328 g/mol. The first-order chi connectivity index (χ1) is 12.7. The highest BCUT2D eigenvalue weighted by atomic mass is 16.2. The van der Waals surface area contributed by atoms with E-state index in [0.29, 0.717) is 6.54 Å². The molecule has 7 nitrogen and oxygen atoms in total. The minimum Gasteiger partial charge on any atom is -0.337 e. The van der Waals surface area contributed by atoms with Gasteiger partial charge in [-0.25, -0.2) is 9.67 Å². The van der Waals surface area contributed by atoms with Gasteiger partial charge in [-0.15, -0.1) is 0 Å². The number of rotatable bonds is 5. The van der Waals surface area contributed by atoms with Crippen LogP contribution in [0, 0.1) is 0 Å². The van der Waals surface area contributed by atoms with Crippen LogP contribution in [-0.2, 0) is 18.4 Å². The van der Waals surface area contributed by atoms with Gasteiger partial charge in [0.05, 0.1) is 18.3 Å². The number of aryl methyl sites for hydroxylation is 1. The summed E-state index contributed by atoms with van der Waals surface area (Å²) in [7, 11) is 1.98. The van der Waals surface area contributed by atoms with Crippen LogP contribution in [0.1, 0.15) is 18.7 Å². The molecule has 1 aliphatic rings. The maximum absolute atomic E-state index is 12.8. The predicted octanol–water partition coefficient (Wildman–Crippen LogP) is 2.21. The van der Waals surface area contributed by atoms with E-state index in [1.165, 1.54) is 0 Å². The molecule has 134 valence electrons. The first-order valence-electron chi connectivity index (χ1n) is 8.82. The van der Waals surface area contributed by atoms with Crippen LogP contribution in [-0.4, -0.2) is 42.7 Å². The molecule has 0 saturated carbocycles. The standard InChI is InChI=1S/C19H22N6O/c1-23-12-9-20-18(23)14-24-10-3-7-17(24)19(26)22-15-5-2-6-16(13-15)25-11-4-8-21-25/h2,4-6,8-9,11-13,17H,3,7,10,14H2,1H3,(H,22,26)/t17-/m1/s1. The maximum Gasteiger partial charge on any atom is 0.241 e. The van der Waals surface area contributed by atoms with Gasteiger partial charge in [0.15, 0.2) is 0 Å². The van der Waals surface area contributed by atoms with Crippen LogP contribution in [0.2, 0.25) is 0 Å². The van der Waals surface area contributed by atoms with Crippen molar-refractivity contribution in [2.24, 2.45) is 7.05 Å². The van der Waals surface area contributed by atoms with E-state index < -0.39 is 0 Å². The molecule has 1 atom stereocenters. The van der Waals surface area contributed by atoms with Crippen molar-refractivity contribution in [2.45, 2.75) is 25.4 Å². The van der Waals surface area contributed by atoms with Crippen LogP contribution in [0.4, 0.5) is 5.69 Å². The van der Waals surface area contributed by atoms with Crippen LogP contribution < -0.4 is 5.32 Å². The number of benzene rings is 1. The Morgan fingerprint density at radius 1 is 1.27 bits per heavy atom. The van der Waals surface area contributed by atoms with Gasteiger partial charge >= 0.3 is 0 Å². The van der Waals surface area contributed by atoms with E-state index in [2.05, 4.69) is 20.3 Å². The fourth-order valence-corrected chi connectivity index (χ4v) is 3.42. The lowest BCUT2D eigenvalue weighted by molar-refractivity contribution is -0.120. The molecule has 2 aromatic heterocycles. The Balaban J connectivity index is 1.46. The summed E-state index contributed by atoms with van der Waals surface area (Å²) >= 11 is 0. The average molecular weight is 350 g/mol. The van der Waals surface area contributed by atoms with Gasteiger partial charge in [0.1, 0.15) is 5.82 Å². The number of anilines is 1. The lowest BCUT2D eigenvalue weighted by Crippen LogP contribution is -2.39. The normalized spacial score (nSPS) is 17.5. The van der Waals surface area contributed by atoms with Gasteiger partial charge in [0.25, 0.3) is 0 Å². The number of likely N-dealkylation sites (tertiary alicyclic amines) is 1. The summed E-state index contributed by atoms with van der Waals surface area (Å²) in [6.07, 6.45) is 9.24. The van der Waals surface area contributed by atoms with Crippen molar-refractivity contribution >= 4 is 11.6 Å². The van der Waals surface area contributed by atoms with Gasteiger partial charge in [-0.05, 0) is 43.7 Å². The summed E-state index contributed by atoms with van der Waals surface area (Å²) in [5, 5.41) is 7.29. The van der Waals surface area contributed by atoms with Gasteiger partial charge in [-0.3, -0.25) is 9.69 Å². The Hall–Kier alpha value is -2.93. The summed E-state index contributed by atoms with van der Waals surface area (Å²) in [4.78, 5) is 19.4. The number of carbonyl (C=O) groups excluding carboxylic acids is 1. The molecule has 1 amide bonds. The zero-order valence-electron chi connectivity index (χ0n) is 14.7. The molecule has 1 aromatic carbocycles. The molecule has 0 bridgehead atoms. The van der Waals surface area contributed by atoms with E-state index in [9.17, 15) is 4.79 Å².